The first-order valence-corrected chi connectivity index (χ1v) is 7.97. The number of ether oxygens (including phenoxy) is 2. The van der Waals surface area contributed by atoms with Gasteiger partial charge in [-0.1, -0.05) is 6.42 Å². The maximum Gasteiger partial charge on any atom is 0.253 e. The molecule has 1 saturated carbocycles. The molecule has 3 atom stereocenters. The van der Waals surface area contributed by atoms with E-state index in [0.717, 1.165) is 25.7 Å². The molecule has 1 aliphatic rings. The van der Waals surface area contributed by atoms with Gasteiger partial charge in [0.25, 0.3) is 5.91 Å². The van der Waals surface area contributed by atoms with Crippen LogP contribution >= 0.6 is 0 Å². The molecule has 122 valence electrons. The number of carbonyl (C=O) groups is 1. The summed E-state index contributed by atoms with van der Waals surface area (Å²) in [5.74, 6) is 0.542. The molecular formula is C17H25NO4. The maximum atomic E-state index is 11.8. The maximum absolute atomic E-state index is 11.8. The summed E-state index contributed by atoms with van der Waals surface area (Å²) in [5.41, 5.74) is 0.702. The van der Waals surface area contributed by atoms with Crippen molar-refractivity contribution in [2.45, 2.75) is 57.8 Å². The molecule has 1 amide bonds. The van der Waals surface area contributed by atoms with Crippen LogP contribution in [0, 0.1) is 0 Å². The van der Waals surface area contributed by atoms with Crippen molar-refractivity contribution in [1.29, 1.82) is 0 Å². The van der Waals surface area contributed by atoms with Gasteiger partial charge in [-0.2, -0.15) is 0 Å². The van der Waals surface area contributed by atoms with Crippen molar-refractivity contribution in [2.24, 2.45) is 0 Å². The van der Waals surface area contributed by atoms with E-state index in [1.54, 1.807) is 19.1 Å². The molecule has 2 rings (SSSR count). The molecule has 22 heavy (non-hydrogen) atoms. The van der Waals surface area contributed by atoms with Gasteiger partial charge >= 0.3 is 0 Å². The number of anilines is 1. The molecule has 1 aromatic rings. The fraction of sp³-hybridized carbons (Fsp3) is 0.588. The lowest BCUT2D eigenvalue weighted by Gasteiger charge is -2.28. The lowest BCUT2D eigenvalue weighted by molar-refractivity contribution is -0.126. The highest BCUT2D eigenvalue weighted by molar-refractivity contribution is 5.93. The topological polar surface area (TPSA) is 67.8 Å². The summed E-state index contributed by atoms with van der Waals surface area (Å²) < 4.78 is 11.1. The van der Waals surface area contributed by atoms with Crippen molar-refractivity contribution in [3.05, 3.63) is 24.3 Å². The summed E-state index contributed by atoms with van der Waals surface area (Å²) in [6.07, 6.45) is 2.83. The lowest BCUT2D eigenvalue weighted by atomic mass is 9.95. The van der Waals surface area contributed by atoms with Gasteiger partial charge in [0, 0.05) is 12.3 Å². The first-order chi connectivity index (χ1) is 10.6. The molecule has 0 spiro atoms. The van der Waals surface area contributed by atoms with Gasteiger partial charge < -0.3 is 19.9 Å². The van der Waals surface area contributed by atoms with E-state index in [-0.39, 0.29) is 18.1 Å². The first kappa shape index (κ1) is 16.8. The van der Waals surface area contributed by atoms with E-state index in [1.165, 1.54) is 0 Å². The van der Waals surface area contributed by atoms with E-state index in [0.29, 0.717) is 18.0 Å². The van der Waals surface area contributed by atoms with E-state index < -0.39 is 6.10 Å². The van der Waals surface area contributed by atoms with Gasteiger partial charge in [-0.05, 0) is 57.4 Å². The highest BCUT2D eigenvalue weighted by Gasteiger charge is 2.24. The van der Waals surface area contributed by atoms with Crippen molar-refractivity contribution in [3.8, 4) is 5.75 Å². The Kier molecular flexibility index (Phi) is 6.21. The largest absolute Gasteiger partial charge is 0.488 e. The number of nitrogens with one attached hydrogen (secondary N) is 1. The fourth-order valence-corrected chi connectivity index (χ4v) is 2.58. The summed E-state index contributed by atoms with van der Waals surface area (Å²) >= 11 is 0. The molecule has 0 radical (unpaired) electrons. The third-order valence-electron chi connectivity index (χ3n) is 3.86. The summed E-state index contributed by atoms with van der Waals surface area (Å²) in [7, 11) is 0. The SMILES string of the molecule is CCO[C@H](C)C(=O)Nc1ccc(O[C@@H]2CCCC[C@@H]2O)cc1. The van der Waals surface area contributed by atoms with Crippen LogP contribution in [0.25, 0.3) is 0 Å². The first-order valence-electron chi connectivity index (χ1n) is 7.97. The van der Waals surface area contributed by atoms with Crippen molar-refractivity contribution in [2.75, 3.05) is 11.9 Å². The minimum absolute atomic E-state index is 0.132. The van der Waals surface area contributed by atoms with Crippen LogP contribution in [0.15, 0.2) is 24.3 Å². The van der Waals surface area contributed by atoms with Crippen LogP contribution in [0.5, 0.6) is 5.75 Å². The molecule has 0 saturated heterocycles. The third-order valence-corrected chi connectivity index (χ3v) is 3.86. The van der Waals surface area contributed by atoms with Gasteiger partial charge in [0.05, 0.1) is 6.10 Å². The van der Waals surface area contributed by atoms with Gasteiger partial charge in [-0.15, -0.1) is 0 Å². The van der Waals surface area contributed by atoms with Crippen LogP contribution in [0.2, 0.25) is 0 Å². The Morgan fingerprint density at radius 3 is 2.64 bits per heavy atom. The number of aliphatic hydroxyl groups is 1. The fourth-order valence-electron chi connectivity index (χ4n) is 2.58. The second-order valence-corrected chi connectivity index (χ2v) is 5.62. The average molecular weight is 307 g/mol. The zero-order chi connectivity index (χ0) is 15.9. The molecule has 1 aliphatic carbocycles. The standard InChI is InChI=1S/C17H25NO4/c1-3-21-12(2)17(20)18-13-8-10-14(11-9-13)22-16-7-5-4-6-15(16)19/h8-12,15-16,19H,3-7H2,1-2H3,(H,18,20)/t12-,15+,16-/m1/s1. The monoisotopic (exact) mass is 307 g/mol. The van der Waals surface area contributed by atoms with Crippen molar-refractivity contribution in [3.63, 3.8) is 0 Å². The summed E-state index contributed by atoms with van der Waals surface area (Å²) in [6.45, 7) is 4.08. The second kappa shape index (κ2) is 8.15. The normalized spacial score (nSPS) is 22.9. The summed E-state index contributed by atoms with van der Waals surface area (Å²) in [4.78, 5) is 11.8. The molecule has 0 heterocycles. The van der Waals surface area contributed by atoms with E-state index in [9.17, 15) is 9.90 Å². The minimum atomic E-state index is -0.474. The molecule has 0 aliphatic heterocycles. The lowest BCUT2D eigenvalue weighted by Crippen LogP contribution is -2.34. The molecule has 0 unspecified atom stereocenters. The molecule has 5 nitrogen and oxygen atoms in total. The van der Waals surface area contributed by atoms with Gasteiger partial charge in [-0.25, -0.2) is 0 Å². The quantitative estimate of drug-likeness (QED) is 0.848. The predicted molar refractivity (Wildman–Crippen MR) is 85.1 cm³/mol. The highest BCUT2D eigenvalue weighted by Crippen LogP contribution is 2.24. The third kappa shape index (κ3) is 4.71. The van der Waals surface area contributed by atoms with E-state index >= 15 is 0 Å². The Bertz CT molecular complexity index is 474. The molecule has 1 aromatic carbocycles. The Morgan fingerprint density at radius 2 is 2.00 bits per heavy atom. The Hall–Kier alpha value is -1.59. The molecular weight excluding hydrogens is 282 g/mol. The van der Waals surface area contributed by atoms with Gasteiger partial charge in [-0.3, -0.25) is 4.79 Å². The van der Waals surface area contributed by atoms with Crippen LogP contribution < -0.4 is 10.1 Å². The van der Waals surface area contributed by atoms with Crippen LogP contribution in [0.1, 0.15) is 39.5 Å². The molecule has 1 fully saturated rings. The van der Waals surface area contributed by atoms with Crippen LogP contribution in [-0.2, 0) is 9.53 Å². The van der Waals surface area contributed by atoms with E-state index in [4.69, 9.17) is 9.47 Å². The average Bonchev–Trinajstić information content (AvgIpc) is 2.51. The molecule has 2 N–H and O–H groups in total. The zero-order valence-electron chi connectivity index (χ0n) is 13.2. The number of hydrogen-bond acceptors (Lipinski definition) is 4. The van der Waals surface area contributed by atoms with Crippen molar-refractivity contribution >= 4 is 11.6 Å². The number of benzene rings is 1. The van der Waals surface area contributed by atoms with Crippen molar-refractivity contribution in [1.82, 2.24) is 0 Å². The number of rotatable bonds is 6. The number of hydrogen-bond donors (Lipinski definition) is 2. The number of carbonyl (C=O) groups excluding carboxylic acids is 1. The Balaban J connectivity index is 1.88. The molecule has 0 aromatic heterocycles. The van der Waals surface area contributed by atoms with E-state index in [2.05, 4.69) is 5.32 Å². The molecule has 0 bridgehead atoms. The van der Waals surface area contributed by atoms with Crippen LogP contribution in [0.4, 0.5) is 5.69 Å². The van der Waals surface area contributed by atoms with Crippen LogP contribution in [0.3, 0.4) is 0 Å². The van der Waals surface area contributed by atoms with Crippen molar-refractivity contribution < 1.29 is 19.4 Å². The van der Waals surface area contributed by atoms with E-state index in [1.807, 2.05) is 19.1 Å². The van der Waals surface area contributed by atoms with Gasteiger partial charge in [0.2, 0.25) is 0 Å². The second-order valence-electron chi connectivity index (χ2n) is 5.62. The van der Waals surface area contributed by atoms with Gasteiger partial charge in [0.1, 0.15) is 18.0 Å². The minimum Gasteiger partial charge on any atom is -0.488 e. The number of aliphatic hydroxyl groups excluding tert-OH is 1. The Labute approximate surface area is 131 Å². The Morgan fingerprint density at radius 1 is 1.32 bits per heavy atom. The zero-order valence-corrected chi connectivity index (χ0v) is 13.2. The predicted octanol–water partition coefficient (Wildman–Crippen LogP) is 2.73. The van der Waals surface area contributed by atoms with Crippen LogP contribution in [-0.4, -0.2) is 35.9 Å². The highest BCUT2D eigenvalue weighted by atomic mass is 16.5. The van der Waals surface area contributed by atoms with Gasteiger partial charge in [0.15, 0.2) is 0 Å². The summed E-state index contributed by atoms with van der Waals surface area (Å²) in [5, 5.41) is 12.7. The number of amides is 1. The molecule has 5 heteroatoms. The smallest absolute Gasteiger partial charge is 0.253 e. The summed E-state index contributed by atoms with van der Waals surface area (Å²) in [6, 6.07) is 7.20.